The van der Waals surface area contributed by atoms with Crippen molar-refractivity contribution in [3.63, 3.8) is 0 Å². The molecule has 0 radical (unpaired) electrons. The molecule has 1 unspecified atom stereocenters. The molecule has 0 amide bonds. The first-order valence-electron chi connectivity index (χ1n) is 10.7. The lowest BCUT2D eigenvalue weighted by Gasteiger charge is -2.18. The summed E-state index contributed by atoms with van der Waals surface area (Å²) in [6, 6.07) is 10.8. The number of aromatic nitrogens is 3. The third-order valence-electron chi connectivity index (χ3n) is 5.51. The average Bonchev–Trinajstić information content (AvgIpc) is 3.36. The van der Waals surface area contributed by atoms with Gasteiger partial charge < -0.3 is 19.9 Å². The van der Waals surface area contributed by atoms with Crippen molar-refractivity contribution < 1.29 is 4.74 Å². The van der Waals surface area contributed by atoms with E-state index in [0.29, 0.717) is 19.2 Å². The highest BCUT2D eigenvalue weighted by atomic mass is 127. The Balaban J connectivity index is 0.00000320. The number of hydrogen-bond acceptors (Lipinski definition) is 4. The lowest BCUT2D eigenvalue weighted by Crippen LogP contribution is -2.43. The smallest absolute Gasteiger partial charge is 0.191 e. The largest absolute Gasteiger partial charge is 0.374 e. The van der Waals surface area contributed by atoms with Crippen LogP contribution >= 0.6 is 24.0 Å². The summed E-state index contributed by atoms with van der Waals surface area (Å²) in [6.45, 7) is 6.09. The Morgan fingerprint density at radius 2 is 1.97 bits per heavy atom. The van der Waals surface area contributed by atoms with Crippen LogP contribution in [0.2, 0.25) is 0 Å². The summed E-state index contributed by atoms with van der Waals surface area (Å²) in [7, 11) is 1.98. The Bertz CT molecular complexity index is 773. The van der Waals surface area contributed by atoms with E-state index in [1.165, 1.54) is 31.2 Å². The molecule has 1 heterocycles. The molecule has 166 valence electrons. The van der Waals surface area contributed by atoms with Crippen LogP contribution in [0.3, 0.4) is 0 Å². The number of benzene rings is 1. The molecule has 0 aliphatic heterocycles. The zero-order chi connectivity index (χ0) is 20.5. The fourth-order valence-corrected chi connectivity index (χ4v) is 3.51. The Morgan fingerprint density at radius 1 is 1.23 bits per heavy atom. The summed E-state index contributed by atoms with van der Waals surface area (Å²) < 4.78 is 7.95. The normalized spacial score (nSPS) is 15.6. The highest BCUT2D eigenvalue weighted by Crippen LogP contribution is 2.17. The fraction of sp³-hybridized carbons (Fsp3) is 0.591. The molecule has 0 saturated heterocycles. The number of nitrogens with one attached hydrogen (secondary N) is 2. The minimum absolute atomic E-state index is 0. The highest BCUT2D eigenvalue weighted by Gasteiger charge is 2.16. The summed E-state index contributed by atoms with van der Waals surface area (Å²) in [4.78, 5) is 4.74. The second-order valence-electron chi connectivity index (χ2n) is 7.72. The molecule has 1 aliphatic rings. The molecule has 1 fully saturated rings. The Hall–Kier alpha value is -1.68. The van der Waals surface area contributed by atoms with Gasteiger partial charge in [0.1, 0.15) is 12.4 Å². The van der Waals surface area contributed by atoms with Gasteiger partial charge in [-0.05, 0) is 38.7 Å². The van der Waals surface area contributed by atoms with Crippen molar-refractivity contribution in [2.45, 2.75) is 64.6 Å². The lowest BCUT2D eigenvalue weighted by atomic mass is 10.1. The van der Waals surface area contributed by atoms with Crippen molar-refractivity contribution in [1.29, 1.82) is 0 Å². The van der Waals surface area contributed by atoms with E-state index in [2.05, 4.69) is 39.9 Å². The maximum Gasteiger partial charge on any atom is 0.191 e. The Kier molecular flexibility index (Phi) is 10.6. The van der Waals surface area contributed by atoms with Crippen LogP contribution < -0.4 is 10.6 Å². The van der Waals surface area contributed by atoms with Crippen LogP contribution in [0, 0.1) is 6.92 Å². The van der Waals surface area contributed by atoms with Gasteiger partial charge in [-0.3, -0.25) is 0 Å². The van der Waals surface area contributed by atoms with E-state index in [-0.39, 0.29) is 30.1 Å². The van der Waals surface area contributed by atoms with Gasteiger partial charge in [0.2, 0.25) is 0 Å². The third-order valence-corrected chi connectivity index (χ3v) is 5.51. The van der Waals surface area contributed by atoms with Crippen molar-refractivity contribution in [3.8, 4) is 0 Å². The lowest BCUT2D eigenvalue weighted by molar-refractivity contribution is 0.0646. The molecule has 2 aromatic rings. The predicted molar refractivity (Wildman–Crippen MR) is 131 cm³/mol. The van der Waals surface area contributed by atoms with Crippen molar-refractivity contribution >= 4 is 29.9 Å². The van der Waals surface area contributed by atoms with E-state index >= 15 is 0 Å². The molecule has 1 aliphatic carbocycles. The van der Waals surface area contributed by atoms with Gasteiger partial charge in [0, 0.05) is 26.2 Å². The molecule has 7 nitrogen and oxygen atoms in total. The van der Waals surface area contributed by atoms with Gasteiger partial charge in [-0.25, -0.2) is 4.99 Å². The molecule has 1 saturated carbocycles. The maximum absolute atomic E-state index is 5.97. The first kappa shape index (κ1) is 24.6. The standard InChI is InChI=1S/C22H34N6O.HI/c1-17(19-10-5-4-6-11-19)29-15-9-14-23-22(25-20-12-7-8-13-20)24-16-21-27-26-18(2)28(21)3;/h4-6,10-11,17,20H,7-9,12-16H2,1-3H3,(H2,23,24,25);1H. The number of guanidine groups is 1. The summed E-state index contributed by atoms with van der Waals surface area (Å²) in [6.07, 6.45) is 6.03. The molecule has 2 N–H and O–H groups in total. The van der Waals surface area contributed by atoms with E-state index in [1.54, 1.807) is 0 Å². The molecule has 0 bridgehead atoms. The number of rotatable bonds is 9. The van der Waals surface area contributed by atoms with E-state index < -0.39 is 0 Å². The van der Waals surface area contributed by atoms with E-state index in [0.717, 1.165) is 30.6 Å². The van der Waals surface area contributed by atoms with Crippen molar-refractivity contribution in [2.75, 3.05) is 13.2 Å². The SMILES string of the molecule is Cc1nnc(CN=C(NCCCOC(C)c2ccccc2)NC2CCCC2)n1C.I. The van der Waals surface area contributed by atoms with Gasteiger partial charge in [-0.2, -0.15) is 0 Å². The second-order valence-corrected chi connectivity index (χ2v) is 7.72. The van der Waals surface area contributed by atoms with Crippen molar-refractivity contribution in [1.82, 2.24) is 25.4 Å². The van der Waals surface area contributed by atoms with E-state index in [4.69, 9.17) is 9.73 Å². The third kappa shape index (κ3) is 7.54. The quantitative estimate of drug-likeness (QED) is 0.225. The minimum atomic E-state index is 0. The topological polar surface area (TPSA) is 76.4 Å². The molecule has 30 heavy (non-hydrogen) atoms. The zero-order valence-electron chi connectivity index (χ0n) is 18.3. The number of ether oxygens (including phenoxy) is 1. The number of nitrogens with zero attached hydrogens (tertiary/aromatic N) is 4. The van der Waals surface area contributed by atoms with Crippen LogP contribution in [0.1, 0.15) is 62.3 Å². The predicted octanol–water partition coefficient (Wildman–Crippen LogP) is 3.89. The van der Waals surface area contributed by atoms with Crippen LogP contribution in [-0.4, -0.2) is 39.9 Å². The number of aryl methyl sites for hydroxylation is 1. The monoisotopic (exact) mass is 526 g/mol. The van der Waals surface area contributed by atoms with Crippen molar-refractivity contribution in [2.24, 2.45) is 12.0 Å². The van der Waals surface area contributed by atoms with Gasteiger partial charge >= 0.3 is 0 Å². The van der Waals surface area contributed by atoms with Gasteiger partial charge in [0.05, 0.1) is 6.10 Å². The molecular weight excluding hydrogens is 491 g/mol. The Labute approximate surface area is 197 Å². The Morgan fingerprint density at radius 3 is 2.63 bits per heavy atom. The summed E-state index contributed by atoms with van der Waals surface area (Å²) in [5.74, 6) is 2.63. The van der Waals surface area contributed by atoms with Crippen LogP contribution in [0.25, 0.3) is 0 Å². The maximum atomic E-state index is 5.97. The van der Waals surface area contributed by atoms with Crippen LogP contribution in [0.15, 0.2) is 35.3 Å². The van der Waals surface area contributed by atoms with Gasteiger partial charge in [0.15, 0.2) is 11.8 Å². The average molecular weight is 526 g/mol. The van der Waals surface area contributed by atoms with Crippen molar-refractivity contribution in [3.05, 3.63) is 47.5 Å². The van der Waals surface area contributed by atoms with Crippen LogP contribution in [0.5, 0.6) is 0 Å². The second kappa shape index (κ2) is 12.9. The van der Waals surface area contributed by atoms with Crippen LogP contribution in [-0.2, 0) is 18.3 Å². The van der Waals surface area contributed by atoms with Gasteiger partial charge in [-0.1, -0.05) is 43.2 Å². The van der Waals surface area contributed by atoms with Crippen LogP contribution in [0.4, 0.5) is 0 Å². The molecule has 0 spiro atoms. The summed E-state index contributed by atoms with van der Waals surface area (Å²) in [5.41, 5.74) is 1.21. The van der Waals surface area contributed by atoms with Gasteiger partial charge in [0.25, 0.3) is 0 Å². The van der Waals surface area contributed by atoms with Gasteiger partial charge in [-0.15, -0.1) is 34.2 Å². The minimum Gasteiger partial charge on any atom is -0.374 e. The molecule has 1 aromatic heterocycles. The first-order valence-corrected chi connectivity index (χ1v) is 10.7. The number of aliphatic imine (C=N–C) groups is 1. The molecule has 8 heteroatoms. The molecule has 3 rings (SSSR count). The summed E-state index contributed by atoms with van der Waals surface area (Å²) >= 11 is 0. The number of hydrogen-bond donors (Lipinski definition) is 2. The van der Waals surface area contributed by atoms with E-state index in [1.807, 2.05) is 36.7 Å². The molecule has 1 aromatic carbocycles. The fourth-order valence-electron chi connectivity index (χ4n) is 3.51. The number of halogens is 1. The zero-order valence-corrected chi connectivity index (χ0v) is 20.6. The molecular formula is C22H35IN6O. The van der Waals surface area contributed by atoms with E-state index in [9.17, 15) is 0 Å². The molecule has 1 atom stereocenters. The highest BCUT2D eigenvalue weighted by molar-refractivity contribution is 14.0. The summed E-state index contributed by atoms with van der Waals surface area (Å²) in [5, 5.41) is 15.4. The first-order chi connectivity index (χ1) is 14.1.